The van der Waals surface area contributed by atoms with E-state index in [-0.39, 0.29) is 12.1 Å². The van der Waals surface area contributed by atoms with Crippen LogP contribution in [0.5, 0.6) is 0 Å². The molecule has 0 radical (unpaired) electrons. The van der Waals surface area contributed by atoms with Crippen LogP contribution >= 0.6 is 0 Å². The molecule has 1 rings (SSSR count). The molecule has 0 aromatic carbocycles. The minimum atomic E-state index is 0.183. The van der Waals surface area contributed by atoms with Gasteiger partial charge in [-0.05, 0) is 12.3 Å². The Hall–Kier alpha value is -0.610. The number of ether oxygens (including phenoxy) is 1. The van der Waals surface area contributed by atoms with E-state index in [0.29, 0.717) is 25.6 Å². The van der Waals surface area contributed by atoms with Crippen LogP contribution in [0.3, 0.4) is 0 Å². The predicted molar refractivity (Wildman–Crippen MR) is 64.1 cm³/mol. The van der Waals surface area contributed by atoms with Gasteiger partial charge >= 0.3 is 0 Å². The molecule has 1 unspecified atom stereocenters. The Balaban J connectivity index is 2.25. The molecule has 0 bridgehead atoms. The molecule has 0 aromatic rings. The highest BCUT2D eigenvalue weighted by Crippen LogP contribution is 2.12. The first kappa shape index (κ1) is 13.5. The molecule has 1 amide bonds. The largest absolute Gasteiger partial charge is 0.380 e. The van der Waals surface area contributed by atoms with Crippen LogP contribution in [0.2, 0.25) is 0 Å². The molecule has 1 heterocycles. The van der Waals surface area contributed by atoms with Crippen molar-refractivity contribution in [3.05, 3.63) is 0 Å². The first-order valence-corrected chi connectivity index (χ1v) is 6.27. The first-order chi connectivity index (χ1) is 7.66. The van der Waals surface area contributed by atoms with E-state index in [9.17, 15) is 4.79 Å². The summed E-state index contributed by atoms with van der Waals surface area (Å²) in [6.07, 6.45) is 2.43. The van der Waals surface area contributed by atoms with Gasteiger partial charge < -0.3 is 9.64 Å². The summed E-state index contributed by atoms with van der Waals surface area (Å²) >= 11 is 0. The summed E-state index contributed by atoms with van der Waals surface area (Å²) in [6.45, 7) is 9.03. The van der Waals surface area contributed by atoms with Crippen molar-refractivity contribution in [2.45, 2.75) is 39.8 Å². The average Bonchev–Trinajstić information content (AvgIpc) is 2.60. The highest BCUT2D eigenvalue weighted by molar-refractivity contribution is 5.80. The standard InChI is InChI=1S/C12H24N2O2/c1-4-5-7-16-8-6-14-11(15)9-13-12(14)10(2)3/h10,12-13H,4-9H2,1-3H3. The molecule has 1 aliphatic heterocycles. The number of amides is 1. The smallest absolute Gasteiger partial charge is 0.237 e. The molecule has 1 saturated heterocycles. The predicted octanol–water partition coefficient (Wildman–Crippen LogP) is 1.22. The second kappa shape index (κ2) is 6.86. The van der Waals surface area contributed by atoms with Crippen molar-refractivity contribution in [2.75, 3.05) is 26.3 Å². The van der Waals surface area contributed by atoms with Gasteiger partial charge in [-0.15, -0.1) is 0 Å². The van der Waals surface area contributed by atoms with Crippen molar-refractivity contribution in [2.24, 2.45) is 5.92 Å². The lowest BCUT2D eigenvalue weighted by Gasteiger charge is -2.27. The summed E-state index contributed by atoms with van der Waals surface area (Å²) in [5.41, 5.74) is 0. The van der Waals surface area contributed by atoms with Crippen molar-refractivity contribution in [3.63, 3.8) is 0 Å². The van der Waals surface area contributed by atoms with E-state index in [2.05, 4.69) is 26.1 Å². The Bertz CT molecular complexity index is 219. The Morgan fingerprint density at radius 1 is 1.50 bits per heavy atom. The summed E-state index contributed by atoms with van der Waals surface area (Å²) in [7, 11) is 0. The van der Waals surface area contributed by atoms with Gasteiger partial charge in [-0.25, -0.2) is 0 Å². The third-order valence-corrected chi connectivity index (χ3v) is 2.87. The van der Waals surface area contributed by atoms with E-state index in [0.717, 1.165) is 19.4 Å². The maximum atomic E-state index is 11.6. The Morgan fingerprint density at radius 2 is 2.25 bits per heavy atom. The van der Waals surface area contributed by atoms with Crippen molar-refractivity contribution in [3.8, 4) is 0 Å². The van der Waals surface area contributed by atoms with E-state index < -0.39 is 0 Å². The maximum absolute atomic E-state index is 11.6. The number of nitrogens with one attached hydrogen (secondary N) is 1. The highest BCUT2D eigenvalue weighted by Gasteiger charge is 2.31. The summed E-state index contributed by atoms with van der Waals surface area (Å²) in [5.74, 6) is 0.639. The quantitative estimate of drug-likeness (QED) is 0.666. The van der Waals surface area contributed by atoms with E-state index in [1.165, 1.54) is 0 Å². The fraction of sp³-hybridized carbons (Fsp3) is 0.917. The lowest BCUT2D eigenvalue weighted by atomic mass is 10.1. The minimum absolute atomic E-state index is 0.183. The second-order valence-corrected chi connectivity index (χ2v) is 4.62. The Kier molecular flexibility index (Phi) is 5.77. The van der Waals surface area contributed by atoms with Gasteiger partial charge in [0, 0.05) is 13.2 Å². The molecule has 0 aromatic heterocycles. The van der Waals surface area contributed by atoms with Crippen molar-refractivity contribution in [1.82, 2.24) is 10.2 Å². The summed E-state index contributed by atoms with van der Waals surface area (Å²) < 4.78 is 5.49. The van der Waals surface area contributed by atoms with E-state index in [1.807, 2.05) is 4.90 Å². The SMILES string of the molecule is CCCCOCCN1C(=O)CNC1C(C)C. The van der Waals surface area contributed by atoms with Crippen LogP contribution in [0.25, 0.3) is 0 Å². The molecule has 1 N–H and O–H groups in total. The lowest BCUT2D eigenvalue weighted by Crippen LogP contribution is -2.42. The van der Waals surface area contributed by atoms with Gasteiger partial charge in [0.05, 0.1) is 19.3 Å². The zero-order chi connectivity index (χ0) is 12.0. The zero-order valence-electron chi connectivity index (χ0n) is 10.7. The van der Waals surface area contributed by atoms with Crippen molar-refractivity contribution >= 4 is 5.91 Å². The molecule has 0 saturated carbocycles. The number of hydrogen-bond donors (Lipinski definition) is 1. The molecule has 16 heavy (non-hydrogen) atoms. The highest BCUT2D eigenvalue weighted by atomic mass is 16.5. The van der Waals surface area contributed by atoms with Gasteiger partial charge in [0.2, 0.25) is 5.91 Å². The molecule has 1 aliphatic rings. The van der Waals surface area contributed by atoms with Gasteiger partial charge in [-0.1, -0.05) is 27.2 Å². The average molecular weight is 228 g/mol. The number of carbonyl (C=O) groups excluding carboxylic acids is 1. The zero-order valence-corrected chi connectivity index (χ0v) is 10.7. The third-order valence-electron chi connectivity index (χ3n) is 2.87. The van der Waals surface area contributed by atoms with E-state index in [1.54, 1.807) is 0 Å². The lowest BCUT2D eigenvalue weighted by molar-refractivity contribution is -0.129. The van der Waals surface area contributed by atoms with E-state index in [4.69, 9.17) is 4.74 Å². The number of unbranched alkanes of at least 4 members (excludes halogenated alkanes) is 1. The van der Waals surface area contributed by atoms with Crippen LogP contribution < -0.4 is 5.32 Å². The Labute approximate surface area is 98.3 Å². The van der Waals surface area contributed by atoms with Gasteiger partial charge in [-0.3, -0.25) is 10.1 Å². The van der Waals surface area contributed by atoms with Gasteiger partial charge in [0.1, 0.15) is 0 Å². The number of nitrogens with zero attached hydrogens (tertiary/aromatic N) is 1. The molecule has 94 valence electrons. The second-order valence-electron chi connectivity index (χ2n) is 4.62. The van der Waals surface area contributed by atoms with Crippen LogP contribution in [0.4, 0.5) is 0 Å². The fourth-order valence-electron chi connectivity index (χ4n) is 1.93. The van der Waals surface area contributed by atoms with Crippen molar-refractivity contribution < 1.29 is 9.53 Å². The van der Waals surface area contributed by atoms with Crippen LogP contribution in [0, 0.1) is 5.92 Å². The molecule has 4 heteroatoms. The molecule has 1 fully saturated rings. The number of carbonyl (C=O) groups is 1. The fourth-order valence-corrected chi connectivity index (χ4v) is 1.93. The van der Waals surface area contributed by atoms with Gasteiger partial charge in [-0.2, -0.15) is 0 Å². The maximum Gasteiger partial charge on any atom is 0.237 e. The number of rotatable bonds is 7. The van der Waals surface area contributed by atoms with Gasteiger partial charge in [0.25, 0.3) is 0 Å². The van der Waals surface area contributed by atoms with Crippen molar-refractivity contribution in [1.29, 1.82) is 0 Å². The van der Waals surface area contributed by atoms with Crippen LogP contribution in [-0.2, 0) is 9.53 Å². The summed E-state index contributed by atoms with van der Waals surface area (Å²) in [5, 5.41) is 3.23. The van der Waals surface area contributed by atoms with E-state index >= 15 is 0 Å². The summed E-state index contributed by atoms with van der Waals surface area (Å²) in [6, 6.07) is 0. The molecule has 1 atom stereocenters. The third kappa shape index (κ3) is 3.76. The molecular weight excluding hydrogens is 204 g/mol. The van der Waals surface area contributed by atoms with Crippen LogP contribution in [0.1, 0.15) is 33.6 Å². The summed E-state index contributed by atoms with van der Waals surface area (Å²) in [4.78, 5) is 13.5. The molecule has 0 spiro atoms. The molecule has 4 nitrogen and oxygen atoms in total. The van der Waals surface area contributed by atoms with Gasteiger partial charge in [0.15, 0.2) is 0 Å². The van der Waals surface area contributed by atoms with Crippen LogP contribution in [-0.4, -0.2) is 43.3 Å². The minimum Gasteiger partial charge on any atom is -0.380 e. The topological polar surface area (TPSA) is 41.6 Å². The number of hydrogen-bond acceptors (Lipinski definition) is 3. The molecular formula is C12H24N2O2. The first-order valence-electron chi connectivity index (χ1n) is 6.27. The monoisotopic (exact) mass is 228 g/mol. The normalized spacial score (nSPS) is 21.1. The molecule has 0 aliphatic carbocycles. The Morgan fingerprint density at radius 3 is 2.88 bits per heavy atom. The van der Waals surface area contributed by atoms with Crippen LogP contribution in [0.15, 0.2) is 0 Å².